The minimum Gasteiger partial charge on any atom is -0.480 e. The van der Waals surface area contributed by atoms with E-state index in [0.29, 0.717) is 0 Å². The highest BCUT2D eigenvalue weighted by molar-refractivity contribution is 5.93. The van der Waals surface area contributed by atoms with E-state index in [1.807, 2.05) is 0 Å². The van der Waals surface area contributed by atoms with E-state index in [9.17, 15) is 19.5 Å². The molecule has 8 N–H and O–H groups in total. The molecule has 3 atom stereocenters. The maximum absolute atomic E-state index is 11.4. The summed E-state index contributed by atoms with van der Waals surface area (Å²) in [6, 6.07) is -0.979. The number of hydrogen-bond donors (Lipinski definition) is 6. The van der Waals surface area contributed by atoms with Crippen molar-refractivity contribution in [1.29, 1.82) is 0 Å². The minimum atomic E-state index is -1.52. The van der Waals surface area contributed by atoms with Crippen LogP contribution in [0.5, 0.6) is 0 Å². The molecule has 0 spiro atoms. The fraction of sp³-hybridized carbons (Fsp3) is 0.792. The summed E-state index contributed by atoms with van der Waals surface area (Å²) in [5.41, 5.74) is 9.81. The summed E-state index contributed by atoms with van der Waals surface area (Å²) in [7, 11) is 0. The molecule has 0 heterocycles. The molecule has 0 rings (SSSR count). The fourth-order valence-electron chi connectivity index (χ4n) is 2.94. The van der Waals surface area contributed by atoms with Gasteiger partial charge in [-0.25, -0.2) is 0 Å². The molecule has 0 bridgehead atoms. The highest BCUT2D eigenvalue weighted by Gasteiger charge is 2.20. The molecule has 0 aromatic rings. The third-order valence-electron chi connectivity index (χ3n) is 5.12. The SMILES string of the molecule is CCCCCCCCCCCCCC=CC(=O)C(O)C(O)CO.NC(=O)CC[C@H](N)C(=O)O. The summed E-state index contributed by atoms with van der Waals surface area (Å²) in [5, 5.41) is 35.4. The molecule has 0 aliphatic heterocycles. The Labute approximate surface area is 198 Å². The van der Waals surface area contributed by atoms with E-state index < -0.39 is 42.5 Å². The number of rotatable bonds is 20. The zero-order valence-electron chi connectivity index (χ0n) is 20.2. The molecular formula is C24H46N2O7. The average Bonchev–Trinajstić information content (AvgIpc) is 2.79. The zero-order valence-corrected chi connectivity index (χ0v) is 20.2. The number of hydrogen-bond acceptors (Lipinski definition) is 7. The predicted molar refractivity (Wildman–Crippen MR) is 128 cm³/mol. The van der Waals surface area contributed by atoms with Gasteiger partial charge in [-0.05, 0) is 25.3 Å². The van der Waals surface area contributed by atoms with Crippen LogP contribution >= 0.6 is 0 Å². The number of carboxylic acids is 1. The van der Waals surface area contributed by atoms with Crippen molar-refractivity contribution in [3.8, 4) is 0 Å². The van der Waals surface area contributed by atoms with Gasteiger partial charge in [-0.3, -0.25) is 14.4 Å². The average molecular weight is 475 g/mol. The van der Waals surface area contributed by atoms with Crippen molar-refractivity contribution < 1.29 is 34.8 Å². The fourth-order valence-corrected chi connectivity index (χ4v) is 2.94. The number of aliphatic carboxylic acids is 1. The Kier molecular flexibility index (Phi) is 23.6. The molecule has 0 saturated carbocycles. The first-order valence-corrected chi connectivity index (χ1v) is 12.1. The maximum atomic E-state index is 11.4. The molecule has 0 aromatic carbocycles. The molecule has 33 heavy (non-hydrogen) atoms. The lowest BCUT2D eigenvalue weighted by molar-refractivity contribution is -0.138. The second-order valence-corrected chi connectivity index (χ2v) is 8.27. The number of allylic oxidation sites excluding steroid dienone is 1. The summed E-state index contributed by atoms with van der Waals surface area (Å²) in [5.74, 6) is -2.19. The Morgan fingerprint density at radius 3 is 1.79 bits per heavy atom. The molecule has 0 fully saturated rings. The first kappa shape index (κ1) is 33.4. The monoisotopic (exact) mass is 474 g/mol. The number of aliphatic hydroxyl groups is 3. The van der Waals surface area contributed by atoms with Gasteiger partial charge in [0.2, 0.25) is 5.91 Å². The topological polar surface area (TPSA) is 184 Å². The van der Waals surface area contributed by atoms with Gasteiger partial charge in [0.1, 0.15) is 18.2 Å². The van der Waals surface area contributed by atoms with Crippen molar-refractivity contribution >= 4 is 17.7 Å². The van der Waals surface area contributed by atoms with Gasteiger partial charge < -0.3 is 31.9 Å². The van der Waals surface area contributed by atoms with Gasteiger partial charge in [0.05, 0.1) is 6.61 Å². The number of carbonyl (C=O) groups excluding carboxylic acids is 2. The smallest absolute Gasteiger partial charge is 0.320 e. The lowest BCUT2D eigenvalue weighted by atomic mass is 10.0. The van der Waals surface area contributed by atoms with Crippen LogP contribution in [0, 0.1) is 0 Å². The van der Waals surface area contributed by atoms with Gasteiger partial charge in [-0.2, -0.15) is 0 Å². The Morgan fingerprint density at radius 2 is 1.36 bits per heavy atom. The number of carboxylic acid groups (broad SMARTS) is 1. The number of nitrogens with two attached hydrogens (primary N) is 2. The van der Waals surface area contributed by atoms with Crippen molar-refractivity contribution in [2.75, 3.05) is 6.61 Å². The second-order valence-electron chi connectivity index (χ2n) is 8.27. The largest absolute Gasteiger partial charge is 0.480 e. The third-order valence-corrected chi connectivity index (χ3v) is 5.12. The van der Waals surface area contributed by atoms with E-state index >= 15 is 0 Å². The zero-order chi connectivity index (χ0) is 25.5. The van der Waals surface area contributed by atoms with Crippen molar-refractivity contribution in [1.82, 2.24) is 0 Å². The van der Waals surface area contributed by atoms with Gasteiger partial charge in [0, 0.05) is 6.42 Å². The highest BCUT2D eigenvalue weighted by atomic mass is 16.4. The van der Waals surface area contributed by atoms with Crippen molar-refractivity contribution in [2.45, 2.75) is 115 Å². The number of aliphatic hydroxyl groups excluding tert-OH is 3. The minimum absolute atomic E-state index is 0.0213. The molecule has 9 nitrogen and oxygen atoms in total. The van der Waals surface area contributed by atoms with Crippen LogP contribution in [0.3, 0.4) is 0 Å². The normalized spacial score (nSPS) is 13.7. The Bertz CT molecular complexity index is 541. The summed E-state index contributed by atoms with van der Waals surface area (Å²) in [6.45, 7) is 1.63. The number of primary amides is 1. The molecule has 0 aromatic heterocycles. The molecule has 2 unspecified atom stereocenters. The molecule has 194 valence electrons. The van der Waals surface area contributed by atoms with Crippen LogP contribution < -0.4 is 11.5 Å². The van der Waals surface area contributed by atoms with Gasteiger partial charge in [-0.1, -0.05) is 77.2 Å². The summed E-state index contributed by atoms with van der Waals surface area (Å²) in [4.78, 5) is 31.6. The van der Waals surface area contributed by atoms with Crippen molar-refractivity contribution in [2.24, 2.45) is 11.5 Å². The predicted octanol–water partition coefficient (Wildman–Crippen LogP) is 2.19. The Balaban J connectivity index is 0. The van der Waals surface area contributed by atoms with E-state index in [0.717, 1.165) is 19.3 Å². The standard InChI is InChI=1S/C19H36O4.C5H10N2O3/c1-2-3-4-5-6-7-8-9-10-11-12-13-14-15-17(21)19(23)18(22)16-20;6-3(5(9)10)1-2-4(7)8/h14-15,18-20,22-23H,2-13,16H2,1H3;3H,1-2,6H2,(H2,7,8)(H,9,10)/t;3-/m.0/s1. The Morgan fingerprint density at radius 1 is 0.879 bits per heavy atom. The number of ketones is 1. The number of carbonyl (C=O) groups is 3. The summed E-state index contributed by atoms with van der Waals surface area (Å²) in [6.07, 6.45) is 15.3. The molecule has 0 radical (unpaired) electrons. The van der Waals surface area contributed by atoms with Crippen molar-refractivity contribution in [3.05, 3.63) is 12.2 Å². The van der Waals surface area contributed by atoms with Crippen LogP contribution in [0.4, 0.5) is 0 Å². The highest BCUT2D eigenvalue weighted by Crippen LogP contribution is 2.12. The quantitative estimate of drug-likeness (QED) is 0.114. The lowest BCUT2D eigenvalue weighted by Crippen LogP contribution is -2.35. The van der Waals surface area contributed by atoms with Gasteiger partial charge >= 0.3 is 5.97 Å². The van der Waals surface area contributed by atoms with E-state index in [1.54, 1.807) is 6.08 Å². The van der Waals surface area contributed by atoms with Crippen LogP contribution in [0.25, 0.3) is 0 Å². The maximum Gasteiger partial charge on any atom is 0.320 e. The van der Waals surface area contributed by atoms with Gasteiger partial charge in [0.15, 0.2) is 5.78 Å². The van der Waals surface area contributed by atoms with Crippen LogP contribution in [-0.2, 0) is 14.4 Å². The first-order chi connectivity index (χ1) is 15.7. The third kappa shape index (κ3) is 23.2. The van der Waals surface area contributed by atoms with Crippen molar-refractivity contribution in [3.63, 3.8) is 0 Å². The van der Waals surface area contributed by atoms with E-state index in [-0.39, 0.29) is 12.8 Å². The molecule has 0 saturated heterocycles. The molecule has 0 aliphatic carbocycles. The summed E-state index contributed by atoms with van der Waals surface area (Å²) >= 11 is 0. The van der Waals surface area contributed by atoms with E-state index in [2.05, 4.69) is 6.92 Å². The van der Waals surface area contributed by atoms with Gasteiger partial charge in [-0.15, -0.1) is 0 Å². The first-order valence-electron chi connectivity index (χ1n) is 12.1. The number of unbranched alkanes of at least 4 members (excludes halogenated alkanes) is 11. The van der Waals surface area contributed by atoms with Gasteiger partial charge in [0.25, 0.3) is 0 Å². The lowest BCUT2D eigenvalue weighted by Gasteiger charge is -2.11. The van der Waals surface area contributed by atoms with Crippen LogP contribution in [0.2, 0.25) is 0 Å². The molecule has 0 aliphatic rings. The Hall–Kier alpha value is -1.81. The van der Waals surface area contributed by atoms with E-state index in [4.69, 9.17) is 26.8 Å². The second kappa shape index (κ2) is 23.4. The number of amides is 1. The van der Waals surface area contributed by atoms with Crippen LogP contribution in [0.15, 0.2) is 12.2 Å². The van der Waals surface area contributed by atoms with Crippen LogP contribution in [-0.4, -0.2) is 62.9 Å². The van der Waals surface area contributed by atoms with Crippen LogP contribution in [0.1, 0.15) is 96.8 Å². The summed E-state index contributed by atoms with van der Waals surface area (Å²) < 4.78 is 0. The molecular weight excluding hydrogens is 428 g/mol. The molecule has 1 amide bonds. The molecule has 9 heteroatoms. The van der Waals surface area contributed by atoms with E-state index in [1.165, 1.54) is 63.9 Å².